The van der Waals surface area contributed by atoms with E-state index in [1.165, 1.54) is 18.6 Å². The van der Waals surface area contributed by atoms with Crippen molar-refractivity contribution in [3.05, 3.63) is 66.0 Å². The average molecular weight is 465 g/mol. The van der Waals surface area contributed by atoms with Gasteiger partial charge >= 0.3 is 0 Å². The third-order valence-electron chi connectivity index (χ3n) is 5.54. The highest BCUT2D eigenvalue weighted by atomic mass is 19.1. The summed E-state index contributed by atoms with van der Waals surface area (Å²) in [5.74, 6) is -1.93. The number of anilines is 4. The number of halogens is 1. The molecule has 34 heavy (non-hydrogen) atoms. The minimum atomic E-state index is -0.845. The van der Waals surface area contributed by atoms with E-state index in [-0.39, 0.29) is 35.0 Å². The van der Waals surface area contributed by atoms with Crippen molar-refractivity contribution in [1.82, 2.24) is 15.0 Å². The number of pyridine rings is 3. The standard InChI is InChI=1S/C23H25FN8O2/c24-16-10-15(20(26)33)21(32-22(16)31-18-6-2-1-5-17(18)25)29-13-9-14(12-27-11-13)30-23(34)19-7-3-4-8-28-19/h3-4,7-12,17-18H,1-2,5-6,25H2,(H2,26,33)(H,30,34)(H2,29,31,32). The number of nitrogens with one attached hydrogen (secondary N) is 3. The highest BCUT2D eigenvalue weighted by Crippen LogP contribution is 2.27. The second-order valence-electron chi connectivity index (χ2n) is 8.03. The van der Waals surface area contributed by atoms with Gasteiger partial charge in [-0.3, -0.25) is 19.6 Å². The Bertz CT molecular complexity index is 1190. The SMILES string of the molecule is NC(=O)c1cc(F)c(NC2CCCCC2N)nc1Nc1cncc(NC(=O)c2ccccn2)c1. The Morgan fingerprint density at radius 2 is 1.85 bits per heavy atom. The summed E-state index contributed by atoms with van der Waals surface area (Å²) in [6.45, 7) is 0. The number of carbonyl (C=O) groups is 2. The van der Waals surface area contributed by atoms with Crippen molar-refractivity contribution in [1.29, 1.82) is 0 Å². The van der Waals surface area contributed by atoms with Crippen molar-refractivity contribution >= 4 is 34.8 Å². The Hall–Kier alpha value is -4.12. The molecule has 0 saturated heterocycles. The third-order valence-corrected chi connectivity index (χ3v) is 5.54. The van der Waals surface area contributed by atoms with Gasteiger partial charge in [-0.25, -0.2) is 9.37 Å². The van der Waals surface area contributed by atoms with Crippen LogP contribution in [0.1, 0.15) is 46.5 Å². The fourth-order valence-corrected chi connectivity index (χ4v) is 3.79. The molecule has 1 aliphatic rings. The van der Waals surface area contributed by atoms with Gasteiger partial charge in [0.2, 0.25) is 0 Å². The summed E-state index contributed by atoms with van der Waals surface area (Å²) in [5.41, 5.74) is 12.5. The Kier molecular flexibility index (Phi) is 6.93. The maximum Gasteiger partial charge on any atom is 0.274 e. The third kappa shape index (κ3) is 5.44. The number of nitrogens with zero attached hydrogens (tertiary/aromatic N) is 3. The zero-order chi connectivity index (χ0) is 24.1. The Labute approximate surface area is 195 Å². The zero-order valence-corrected chi connectivity index (χ0v) is 18.3. The zero-order valence-electron chi connectivity index (χ0n) is 18.3. The molecular formula is C23H25FN8O2. The number of hydrogen-bond donors (Lipinski definition) is 5. The minimum absolute atomic E-state index is 0.0255. The van der Waals surface area contributed by atoms with Gasteiger partial charge in [-0.05, 0) is 37.1 Å². The van der Waals surface area contributed by atoms with Crippen LogP contribution in [0.2, 0.25) is 0 Å². The van der Waals surface area contributed by atoms with Crippen LogP contribution in [-0.4, -0.2) is 38.8 Å². The molecule has 3 heterocycles. The molecule has 0 radical (unpaired) electrons. The second-order valence-corrected chi connectivity index (χ2v) is 8.03. The number of rotatable bonds is 7. The smallest absolute Gasteiger partial charge is 0.274 e. The van der Waals surface area contributed by atoms with E-state index in [1.807, 2.05) is 0 Å². The average Bonchev–Trinajstić information content (AvgIpc) is 2.83. The van der Waals surface area contributed by atoms with E-state index in [0.29, 0.717) is 11.4 Å². The van der Waals surface area contributed by atoms with E-state index in [4.69, 9.17) is 11.5 Å². The van der Waals surface area contributed by atoms with Crippen LogP contribution in [0, 0.1) is 5.82 Å². The molecule has 176 valence electrons. The molecular weight excluding hydrogens is 439 g/mol. The first-order valence-corrected chi connectivity index (χ1v) is 10.9. The summed E-state index contributed by atoms with van der Waals surface area (Å²) < 4.78 is 14.7. The van der Waals surface area contributed by atoms with Crippen molar-refractivity contribution in [3.63, 3.8) is 0 Å². The van der Waals surface area contributed by atoms with Crippen LogP contribution in [0.4, 0.5) is 27.4 Å². The maximum atomic E-state index is 14.7. The predicted octanol–water partition coefficient (Wildman–Crippen LogP) is 2.79. The first kappa shape index (κ1) is 23.1. The van der Waals surface area contributed by atoms with Crippen LogP contribution in [0.25, 0.3) is 0 Å². The van der Waals surface area contributed by atoms with Gasteiger partial charge in [-0.1, -0.05) is 18.9 Å². The summed E-state index contributed by atoms with van der Waals surface area (Å²) in [4.78, 5) is 36.7. The molecule has 3 aromatic rings. The molecule has 2 amide bonds. The maximum absolute atomic E-state index is 14.7. The fraction of sp³-hybridized carbons (Fsp3) is 0.261. The minimum Gasteiger partial charge on any atom is -0.365 e. The predicted molar refractivity (Wildman–Crippen MR) is 126 cm³/mol. The summed E-state index contributed by atoms with van der Waals surface area (Å²) in [5, 5.41) is 8.71. The highest BCUT2D eigenvalue weighted by molar-refractivity contribution is 6.03. The van der Waals surface area contributed by atoms with Crippen LogP contribution < -0.4 is 27.4 Å². The lowest BCUT2D eigenvalue weighted by atomic mass is 9.91. The van der Waals surface area contributed by atoms with Gasteiger partial charge in [0.15, 0.2) is 11.6 Å². The molecule has 1 fully saturated rings. The van der Waals surface area contributed by atoms with Gasteiger partial charge in [-0.2, -0.15) is 0 Å². The second kappa shape index (κ2) is 10.2. The molecule has 3 aromatic heterocycles. The lowest BCUT2D eigenvalue weighted by Crippen LogP contribution is -2.43. The van der Waals surface area contributed by atoms with Gasteiger partial charge in [0.1, 0.15) is 11.5 Å². The molecule has 0 aromatic carbocycles. The summed E-state index contributed by atoms with van der Waals surface area (Å²) in [6.07, 6.45) is 8.09. The molecule has 11 heteroatoms. The van der Waals surface area contributed by atoms with E-state index >= 15 is 0 Å². The first-order valence-electron chi connectivity index (χ1n) is 10.9. The summed E-state index contributed by atoms with van der Waals surface area (Å²) in [6, 6.07) is 7.37. The topological polar surface area (TPSA) is 161 Å². The van der Waals surface area contributed by atoms with Crippen LogP contribution in [0.3, 0.4) is 0 Å². The number of aromatic nitrogens is 3. The molecule has 0 spiro atoms. The van der Waals surface area contributed by atoms with E-state index in [9.17, 15) is 14.0 Å². The monoisotopic (exact) mass is 464 g/mol. The number of hydrogen-bond acceptors (Lipinski definition) is 8. The van der Waals surface area contributed by atoms with E-state index in [2.05, 4.69) is 30.9 Å². The summed E-state index contributed by atoms with van der Waals surface area (Å²) in [7, 11) is 0. The van der Waals surface area contributed by atoms with Crippen molar-refractivity contribution < 1.29 is 14.0 Å². The number of primary amides is 1. The van der Waals surface area contributed by atoms with Crippen LogP contribution in [0.5, 0.6) is 0 Å². The van der Waals surface area contributed by atoms with Crippen LogP contribution in [0.15, 0.2) is 48.9 Å². The lowest BCUT2D eigenvalue weighted by molar-refractivity contribution is 0.0997. The van der Waals surface area contributed by atoms with Crippen molar-refractivity contribution in [2.75, 3.05) is 16.0 Å². The van der Waals surface area contributed by atoms with Gasteiger partial charge in [-0.15, -0.1) is 0 Å². The molecule has 0 bridgehead atoms. The van der Waals surface area contributed by atoms with Gasteiger partial charge < -0.3 is 27.4 Å². The van der Waals surface area contributed by atoms with Gasteiger partial charge in [0.05, 0.1) is 29.3 Å². The van der Waals surface area contributed by atoms with Crippen LogP contribution >= 0.6 is 0 Å². The Morgan fingerprint density at radius 3 is 2.59 bits per heavy atom. The van der Waals surface area contributed by atoms with Crippen LogP contribution in [-0.2, 0) is 0 Å². The number of carbonyl (C=O) groups excluding carboxylic acids is 2. The molecule has 2 atom stereocenters. The molecule has 1 aliphatic carbocycles. The quantitative estimate of drug-likeness (QED) is 0.357. The molecule has 1 saturated carbocycles. The van der Waals surface area contributed by atoms with E-state index < -0.39 is 17.6 Å². The Balaban J connectivity index is 1.57. The van der Waals surface area contributed by atoms with Crippen molar-refractivity contribution in [2.45, 2.75) is 37.8 Å². The first-order chi connectivity index (χ1) is 16.4. The van der Waals surface area contributed by atoms with Crippen molar-refractivity contribution in [3.8, 4) is 0 Å². The molecule has 10 nitrogen and oxygen atoms in total. The fourth-order valence-electron chi connectivity index (χ4n) is 3.79. The van der Waals surface area contributed by atoms with Gasteiger partial charge in [0.25, 0.3) is 11.8 Å². The highest BCUT2D eigenvalue weighted by Gasteiger charge is 2.24. The molecule has 2 unspecified atom stereocenters. The summed E-state index contributed by atoms with van der Waals surface area (Å²) >= 11 is 0. The normalized spacial score (nSPS) is 17.6. The lowest BCUT2D eigenvalue weighted by Gasteiger charge is -2.30. The number of nitrogens with two attached hydrogens (primary N) is 2. The van der Waals surface area contributed by atoms with E-state index in [1.54, 1.807) is 24.3 Å². The molecule has 7 N–H and O–H groups in total. The van der Waals surface area contributed by atoms with E-state index in [0.717, 1.165) is 31.7 Å². The number of amides is 2. The van der Waals surface area contributed by atoms with Gasteiger partial charge in [0, 0.05) is 18.3 Å². The molecule has 4 rings (SSSR count). The van der Waals surface area contributed by atoms with Crippen molar-refractivity contribution in [2.24, 2.45) is 11.5 Å². The largest absolute Gasteiger partial charge is 0.365 e. The molecule has 0 aliphatic heterocycles. The Morgan fingerprint density at radius 1 is 1.06 bits per heavy atom.